The molecule has 12 heteroatoms. The lowest BCUT2D eigenvalue weighted by atomic mass is 9.95. The molecule has 1 heterocycles. The van der Waals surface area contributed by atoms with Crippen LogP contribution < -0.4 is 35.6 Å². The van der Waals surface area contributed by atoms with Crippen LogP contribution in [0.5, 0.6) is 17.2 Å². The van der Waals surface area contributed by atoms with Crippen LogP contribution >= 0.6 is 0 Å². The van der Waals surface area contributed by atoms with Gasteiger partial charge in [0.1, 0.15) is 11.9 Å². The van der Waals surface area contributed by atoms with Gasteiger partial charge in [-0.2, -0.15) is 4.98 Å². The summed E-state index contributed by atoms with van der Waals surface area (Å²) in [5.74, 6) is 1.40. The zero-order valence-electron chi connectivity index (χ0n) is 28.1. The first-order valence-electron chi connectivity index (χ1n) is 15.9. The van der Waals surface area contributed by atoms with Crippen molar-refractivity contribution in [3.63, 3.8) is 0 Å². The molecule has 0 aliphatic heterocycles. The zero-order valence-corrected chi connectivity index (χ0v) is 28.1. The average molecular weight is 655 g/mol. The predicted molar refractivity (Wildman–Crippen MR) is 184 cm³/mol. The molecule has 2 amide bonds. The Morgan fingerprint density at radius 3 is 2.40 bits per heavy atom. The van der Waals surface area contributed by atoms with Gasteiger partial charge in [0, 0.05) is 18.9 Å². The number of nitrogens with one attached hydrogen (secondary N) is 4. The number of hydrogen-bond donors (Lipinski definition) is 4. The van der Waals surface area contributed by atoms with Crippen LogP contribution in [0.3, 0.4) is 0 Å². The van der Waals surface area contributed by atoms with Gasteiger partial charge in [0.15, 0.2) is 11.5 Å². The van der Waals surface area contributed by atoms with Crippen molar-refractivity contribution in [1.29, 1.82) is 0 Å². The van der Waals surface area contributed by atoms with E-state index in [-0.39, 0.29) is 34.8 Å². The maximum absolute atomic E-state index is 13.8. The molecule has 0 fully saturated rings. The van der Waals surface area contributed by atoms with Crippen LogP contribution in [0.1, 0.15) is 55.7 Å². The minimum Gasteiger partial charge on any atom is -0.493 e. The fraction of sp³-hybridized carbons (Fsp3) is 0.361. The average Bonchev–Trinajstić information content (AvgIpc) is 3.39. The van der Waals surface area contributed by atoms with Crippen LogP contribution in [0.2, 0.25) is 0 Å². The largest absolute Gasteiger partial charge is 0.493 e. The molecule has 0 saturated heterocycles. The van der Waals surface area contributed by atoms with Gasteiger partial charge < -0.3 is 24.8 Å². The van der Waals surface area contributed by atoms with Crippen LogP contribution in [0.4, 0.5) is 11.6 Å². The fourth-order valence-corrected chi connectivity index (χ4v) is 6.09. The number of rotatable bonds is 12. The van der Waals surface area contributed by atoms with Crippen molar-refractivity contribution in [2.45, 2.75) is 58.5 Å². The Bertz CT molecular complexity index is 1840. The second-order valence-electron chi connectivity index (χ2n) is 12.0. The third kappa shape index (κ3) is 7.43. The molecule has 4 N–H and O–H groups in total. The molecule has 0 radical (unpaired) electrons. The molecule has 1 aliphatic rings. The highest BCUT2D eigenvalue weighted by Crippen LogP contribution is 2.50. The normalized spacial score (nSPS) is 14.2. The highest BCUT2D eigenvalue weighted by atomic mass is 16.5. The first-order valence-corrected chi connectivity index (χ1v) is 15.9. The standard InChI is InChI=1S/C36H42N6O6/c1-20(2)32(35(45)40-36-39-30(41-42-36)17-12-22-10-8-7-9-11-22)38-27-16-14-24-25(19-28(27)44)26(37-21(3)43)15-13-23-18-29(46-4)33(47-5)34(48-6)31(23)24/h7-11,14,16,18-20,26,32H,12-13,15,17H2,1-6H3,(H,37,43)(H,38,44)(H2,39,40,41,42,45)/t26-,32+/m0/s1. The molecule has 0 bridgehead atoms. The van der Waals surface area contributed by atoms with E-state index in [4.69, 9.17) is 14.2 Å². The van der Waals surface area contributed by atoms with E-state index in [9.17, 15) is 14.4 Å². The van der Waals surface area contributed by atoms with E-state index < -0.39 is 12.1 Å². The van der Waals surface area contributed by atoms with Crippen molar-refractivity contribution in [1.82, 2.24) is 20.5 Å². The van der Waals surface area contributed by atoms with E-state index >= 15 is 0 Å². The summed E-state index contributed by atoms with van der Waals surface area (Å²) in [5, 5.41) is 16.0. The van der Waals surface area contributed by atoms with E-state index in [2.05, 4.69) is 31.1 Å². The number of hydrogen-bond acceptors (Lipinski definition) is 9. The number of carbonyl (C=O) groups excluding carboxylic acids is 2. The van der Waals surface area contributed by atoms with Gasteiger partial charge in [-0.05, 0) is 65.6 Å². The molecule has 48 heavy (non-hydrogen) atoms. The summed E-state index contributed by atoms with van der Waals surface area (Å²) in [4.78, 5) is 44.1. The number of fused-ring (bicyclic) bond motifs is 3. The number of methoxy groups -OCH3 is 3. The summed E-state index contributed by atoms with van der Waals surface area (Å²) < 4.78 is 17.1. The highest BCUT2D eigenvalue weighted by molar-refractivity contribution is 5.95. The molecule has 1 aromatic heterocycles. The monoisotopic (exact) mass is 654 g/mol. The molecule has 252 valence electrons. The Morgan fingerprint density at radius 2 is 1.73 bits per heavy atom. The van der Waals surface area contributed by atoms with Gasteiger partial charge in [0.25, 0.3) is 0 Å². The van der Waals surface area contributed by atoms with Crippen LogP contribution in [-0.2, 0) is 28.9 Å². The minimum absolute atomic E-state index is 0.161. The lowest BCUT2D eigenvalue weighted by molar-refractivity contribution is -0.120. The number of ether oxygens (including phenoxy) is 3. The smallest absolute Gasteiger partial charge is 0.249 e. The van der Waals surface area contributed by atoms with Gasteiger partial charge >= 0.3 is 0 Å². The topological polar surface area (TPSA) is 157 Å². The summed E-state index contributed by atoms with van der Waals surface area (Å²) in [6.45, 7) is 5.22. The van der Waals surface area contributed by atoms with Crippen molar-refractivity contribution in [3.8, 4) is 28.4 Å². The van der Waals surface area contributed by atoms with Crippen LogP contribution in [0, 0.1) is 5.92 Å². The molecule has 12 nitrogen and oxygen atoms in total. The Hall–Kier alpha value is -5.39. The number of carbonyl (C=O) groups is 2. The number of nitrogens with zero attached hydrogens (tertiary/aromatic N) is 2. The third-order valence-corrected chi connectivity index (χ3v) is 8.44. The van der Waals surface area contributed by atoms with Crippen molar-refractivity contribution < 1.29 is 23.8 Å². The maximum Gasteiger partial charge on any atom is 0.249 e. The van der Waals surface area contributed by atoms with Gasteiger partial charge in [-0.25, -0.2) is 0 Å². The zero-order chi connectivity index (χ0) is 34.4. The Morgan fingerprint density at radius 1 is 0.979 bits per heavy atom. The van der Waals surface area contributed by atoms with E-state index in [1.54, 1.807) is 20.3 Å². The first-order chi connectivity index (χ1) is 23.1. The summed E-state index contributed by atoms with van der Waals surface area (Å²) in [6.07, 6.45) is 2.53. The Kier molecular flexibility index (Phi) is 10.6. The van der Waals surface area contributed by atoms with E-state index in [0.29, 0.717) is 53.5 Å². The molecule has 5 rings (SSSR count). The summed E-state index contributed by atoms with van der Waals surface area (Å²) in [5.41, 5.74) is 4.04. The van der Waals surface area contributed by atoms with Crippen LogP contribution in [0.25, 0.3) is 11.1 Å². The minimum atomic E-state index is -0.788. The summed E-state index contributed by atoms with van der Waals surface area (Å²) in [6, 6.07) is 15.7. The number of aryl methyl sites for hydroxylation is 3. The molecular weight excluding hydrogens is 612 g/mol. The highest BCUT2D eigenvalue weighted by Gasteiger charge is 2.30. The Balaban J connectivity index is 1.47. The van der Waals surface area contributed by atoms with Crippen LogP contribution in [0.15, 0.2) is 59.4 Å². The SMILES string of the molecule is COc1cc2c(c(OC)c1OC)-c1ccc(N[C@@H](C(=O)Nc3n[nH]c(CCc4ccccc4)n3)C(C)C)c(=O)cc1[C@@H](NC(C)=O)CC2. The molecule has 4 aromatic rings. The molecular formula is C36H42N6O6. The summed E-state index contributed by atoms with van der Waals surface area (Å²) in [7, 11) is 4.65. The first kappa shape index (κ1) is 34.0. The lowest BCUT2D eigenvalue weighted by Gasteiger charge is -2.21. The quantitative estimate of drug-likeness (QED) is 0.168. The molecule has 1 aliphatic carbocycles. The second-order valence-corrected chi connectivity index (χ2v) is 12.0. The summed E-state index contributed by atoms with van der Waals surface area (Å²) >= 11 is 0. The van der Waals surface area contributed by atoms with Gasteiger partial charge in [-0.3, -0.25) is 24.8 Å². The van der Waals surface area contributed by atoms with Gasteiger partial charge in [-0.15, -0.1) is 5.10 Å². The molecule has 0 unspecified atom stereocenters. The molecule has 0 spiro atoms. The third-order valence-electron chi connectivity index (χ3n) is 8.44. The Labute approximate surface area is 279 Å². The predicted octanol–water partition coefficient (Wildman–Crippen LogP) is 4.84. The van der Waals surface area contributed by atoms with E-state index in [0.717, 1.165) is 17.5 Å². The number of H-pyrrole nitrogens is 1. The molecule has 3 aromatic carbocycles. The van der Waals surface area contributed by atoms with E-state index in [1.165, 1.54) is 25.7 Å². The number of aromatic amines is 1. The number of anilines is 2. The van der Waals surface area contributed by atoms with Crippen LogP contribution in [-0.4, -0.2) is 54.4 Å². The van der Waals surface area contributed by atoms with Crippen molar-refractivity contribution in [2.24, 2.45) is 5.92 Å². The van der Waals surface area contributed by atoms with Gasteiger partial charge in [-0.1, -0.05) is 50.2 Å². The van der Waals surface area contributed by atoms with Crippen molar-refractivity contribution >= 4 is 23.5 Å². The van der Waals surface area contributed by atoms with Gasteiger partial charge in [0.2, 0.25) is 28.9 Å². The number of benzene rings is 2. The number of amides is 2. The number of aromatic nitrogens is 3. The maximum atomic E-state index is 13.8. The molecule has 0 saturated carbocycles. The molecule has 2 atom stereocenters. The van der Waals surface area contributed by atoms with E-state index in [1.807, 2.05) is 56.3 Å². The van der Waals surface area contributed by atoms with Crippen molar-refractivity contribution in [2.75, 3.05) is 32.0 Å². The van der Waals surface area contributed by atoms with Crippen molar-refractivity contribution in [3.05, 3.63) is 87.3 Å². The lowest BCUT2D eigenvalue weighted by Crippen LogP contribution is -2.40. The van der Waals surface area contributed by atoms with Gasteiger partial charge in [0.05, 0.1) is 33.1 Å². The second kappa shape index (κ2) is 15.0. The fourth-order valence-electron chi connectivity index (χ4n) is 6.09.